The minimum Gasteiger partial charge on any atom is -0.481 e. The third-order valence-electron chi connectivity index (χ3n) is 3.80. The molecule has 0 unspecified atom stereocenters. The molecule has 0 bridgehead atoms. The first kappa shape index (κ1) is 17.5. The second-order valence-corrected chi connectivity index (χ2v) is 6.00. The van der Waals surface area contributed by atoms with Gasteiger partial charge in [0.1, 0.15) is 17.2 Å². The Hall–Kier alpha value is -3.27. The maximum absolute atomic E-state index is 12.3. The van der Waals surface area contributed by atoms with E-state index in [0.717, 1.165) is 11.3 Å². The van der Waals surface area contributed by atoms with Crippen LogP contribution >= 0.6 is 0 Å². The van der Waals surface area contributed by atoms with Gasteiger partial charge in [0.05, 0.1) is 0 Å². The van der Waals surface area contributed by atoms with Crippen LogP contribution in [-0.2, 0) is 4.79 Å². The SMILES string of the molecule is Cc1ccc(O[C@@H](C)C(=O)Nc2ccc(Oc3ccccc3)cc2)cc1. The maximum atomic E-state index is 12.3. The fourth-order valence-corrected chi connectivity index (χ4v) is 2.35. The average Bonchev–Trinajstić information content (AvgIpc) is 2.66. The molecule has 0 saturated heterocycles. The van der Waals surface area contributed by atoms with Crippen LogP contribution < -0.4 is 14.8 Å². The monoisotopic (exact) mass is 347 g/mol. The van der Waals surface area contributed by atoms with E-state index in [2.05, 4.69) is 5.32 Å². The van der Waals surface area contributed by atoms with Crippen molar-refractivity contribution < 1.29 is 14.3 Å². The number of amides is 1. The number of para-hydroxylation sites is 1. The van der Waals surface area contributed by atoms with Gasteiger partial charge in [0.25, 0.3) is 5.91 Å². The summed E-state index contributed by atoms with van der Waals surface area (Å²) in [4.78, 5) is 12.3. The van der Waals surface area contributed by atoms with E-state index < -0.39 is 6.10 Å². The highest BCUT2D eigenvalue weighted by Crippen LogP contribution is 2.23. The standard InChI is InChI=1S/C22H21NO3/c1-16-8-12-20(13-9-16)25-17(2)22(24)23-18-10-14-21(15-11-18)26-19-6-4-3-5-7-19/h3-15,17H,1-2H3,(H,23,24)/t17-/m0/s1. The molecular formula is C22H21NO3. The lowest BCUT2D eigenvalue weighted by Gasteiger charge is -2.15. The Morgan fingerprint density at radius 2 is 1.38 bits per heavy atom. The van der Waals surface area contributed by atoms with Crippen molar-refractivity contribution in [2.75, 3.05) is 5.32 Å². The van der Waals surface area contributed by atoms with Gasteiger partial charge in [-0.25, -0.2) is 0 Å². The number of ether oxygens (including phenoxy) is 2. The van der Waals surface area contributed by atoms with Gasteiger partial charge in [-0.3, -0.25) is 4.79 Å². The molecule has 0 spiro atoms. The molecule has 0 aliphatic carbocycles. The van der Waals surface area contributed by atoms with E-state index in [-0.39, 0.29) is 5.91 Å². The van der Waals surface area contributed by atoms with Crippen LogP contribution in [0.4, 0.5) is 5.69 Å². The molecule has 3 rings (SSSR count). The number of carbonyl (C=O) groups is 1. The van der Waals surface area contributed by atoms with Crippen molar-refractivity contribution in [1.29, 1.82) is 0 Å². The summed E-state index contributed by atoms with van der Waals surface area (Å²) in [6.45, 7) is 3.73. The average molecular weight is 347 g/mol. The zero-order valence-electron chi connectivity index (χ0n) is 14.8. The van der Waals surface area contributed by atoms with Crippen LogP contribution in [-0.4, -0.2) is 12.0 Å². The third-order valence-corrected chi connectivity index (χ3v) is 3.80. The second kappa shape index (κ2) is 8.21. The molecule has 26 heavy (non-hydrogen) atoms. The van der Waals surface area contributed by atoms with E-state index in [1.165, 1.54) is 0 Å². The molecule has 0 fully saturated rings. The van der Waals surface area contributed by atoms with Gasteiger partial charge in [0.2, 0.25) is 0 Å². The molecule has 1 N–H and O–H groups in total. The van der Waals surface area contributed by atoms with Crippen LogP contribution in [0.5, 0.6) is 17.2 Å². The predicted octanol–water partition coefficient (Wildman–Crippen LogP) is 5.19. The molecule has 132 valence electrons. The molecule has 0 saturated carbocycles. The van der Waals surface area contributed by atoms with E-state index in [4.69, 9.17) is 9.47 Å². The smallest absolute Gasteiger partial charge is 0.265 e. The van der Waals surface area contributed by atoms with Crippen LogP contribution in [0.1, 0.15) is 12.5 Å². The zero-order chi connectivity index (χ0) is 18.4. The van der Waals surface area contributed by atoms with Crippen molar-refractivity contribution in [3.05, 3.63) is 84.4 Å². The summed E-state index contributed by atoms with van der Waals surface area (Å²) in [6.07, 6.45) is -0.599. The Labute approximate surface area is 153 Å². The van der Waals surface area contributed by atoms with Crippen molar-refractivity contribution >= 4 is 11.6 Å². The van der Waals surface area contributed by atoms with Crippen molar-refractivity contribution in [3.8, 4) is 17.2 Å². The Morgan fingerprint density at radius 3 is 2.04 bits per heavy atom. The van der Waals surface area contributed by atoms with E-state index >= 15 is 0 Å². The minimum absolute atomic E-state index is 0.206. The van der Waals surface area contributed by atoms with Gasteiger partial charge in [-0.15, -0.1) is 0 Å². The van der Waals surface area contributed by atoms with Crippen molar-refractivity contribution in [3.63, 3.8) is 0 Å². The Balaban J connectivity index is 1.56. The topological polar surface area (TPSA) is 47.6 Å². The molecule has 3 aromatic carbocycles. The summed E-state index contributed by atoms with van der Waals surface area (Å²) in [5.74, 6) is 1.94. The van der Waals surface area contributed by atoms with E-state index in [9.17, 15) is 4.79 Å². The van der Waals surface area contributed by atoms with Gasteiger partial charge < -0.3 is 14.8 Å². The number of carbonyl (C=O) groups excluding carboxylic acids is 1. The number of hydrogen-bond acceptors (Lipinski definition) is 3. The van der Waals surface area contributed by atoms with Crippen molar-refractivity contribution in [1.82, 2.24) is 0 Å². The lowest BCUT2D eigenvalue weighted by atomic mass is 10.2. The largest absolute Gasteiger partial charge is 0.481 e. The number of rotatable bonds is 6. The number of benzene rings is 3. The molecule has 3 aromatic rings. The molecule has 0 aliphatic rings. The van der Waals surface area contributed by atoms with E-state index in [1.54, 1.807) is 19.1 Å². The van der Waals surface area contributed by atoms with E-state index in [0.29, 0.717) is 17.2 Å². The first-order chi connectivity index (χ1) is 12.6. The summed E-state index contributed by atoms with van der Waals surface area (Å²) in [7, 11) is 0. The quantitative estimate of drug-likeness (QED) is 0.667. The molecule has 0 heterocycles. The first-order valence-electron chi connectivity index (χ1n) is 8.47. The van der Waals surface area contributed by atoms with Gasteiger partial charge in [-0.05, 0) is 62.4 Å². The molecule has 4 heteroatoms. The van der Waals surface area contributed by atoms with Crippen molar-refractivity contribution in [2.45, 2.75) is 20.0 Å². The Bertz CT molecular complexity index is 843. The van der Waals surface area contributed by atoms with Gasteiger partial charge in [-0.1, -0.05) is 35.9 Å². The number of nitrogens with one attached hydrogen (secondary N) is 1. The highest BCUT2D eigenvalue weighted by atomic mass is 16.5. The third kappa shape index (κ3) is 4.86. The van der Waals surface area contributed by atoms with Crippen LogP contribution in [0.15, 0.2) is 78.9 Å². The fraction of sp³-hybridized carbons (Fsp3) is 0.136. The lowest BCUT2D eigenvalue weighted by molar-refractivity contribution is -0.122. The lowest BCUT2D eigenvalue weighted by Crippen LogP contribution is -2.30. The summed E-state index contributed by atoms with van der Waals surface area (Å²) in [5, 5.41) is 2.84. The highest BCUT2D eigenvalue weighted by molar-refractivity contribution is 5.94. The van der Waals surface area contributed by atoms with Gasteiger partial charge in [-0.2, -0.15) is 0 Å². The van der Waals surface area contributed by atoms with Gasteiger partial charge >= 0.3 is 0 Å². The van der Waals surface area contributed by atoms with Crippen LogP contribution in [0.25, 0.3) is 0 Å². The van der Waals surface area contributed by atoms with Crippen LogP contribution in [0.3, 0.4) is 0 Å². The number of anilines is 1. The zero-order valence-corrected chi connectivity index (χ0v) is 14.8. The molecule has 0 aliphatic heterocycles. The van der Waals surface area contributed by atoms with Crippen LogP contribution in [0, 0.1) is 6.92 Å². The number of hydrogen-bond donors (Lipinski definition) is 1. The van der Waals surface area contributed by atoms with Gasteiger partial charge in [0, 0.05) is 5.69 Å². The Morgan fingerprint density at radius 1 is 0.808 bits per heavy atom. The normalized spacial score (nSPS) is 11.5. The fourth-order valence-electron chi connectivity index (χ4n) is 2.35. The molecule has 4 nitrogen and oxygen atoms in total. The maximum Gasteiger partial charge on any atom is 0.265 e. The number of aryl methyl sites for hydroxylation is 1. The molecule has 0 radical (unpaired) electrons. The molecule has 1 amide bonds. The van der Waals surface area contributed by atoms with Crippen LogP contribution in [0.2, 0.25) is 0 Å². The summed E-state index contributed by atoms with van der Waals surface area (Å²) >= 11 is 0. The summed E-state index contributed by atoms with van der Waals surface area (Å²) in [5.41, 5.74) is 1.84. The predicted molar refractivity (Wildman–Crippen MR) is 103 cm³/mol. The Kier molecular flexibility index (Phi) is 5.54. The molecular weight excluding hydrogens is 326 g/mol. The van der Waals surface area contributed by atoms with E-state index in [1.807, 2.05) is 73.7 Å². The second-order valence-electron chi connectivity index (χ2n) is 6.00. The van der Waals surface area contributed by atoms with Gasteiger partial charge in [0.15, 0.2) is 6.10 Å². The molecule has 1 atom stereocenters. The summed E-state index contributed by atoms with van der Waals surface area (Å²) < 4.78 is 11.4. The minimum atomic E-state index is -0.599. The first-order valence-corrected chi connectivity index (χ1v) is 8.47. The highest BCUT2D eigenvalue weighted by Gasteiger charge is 2.14. The molecule has 0 aromatic heterocycles. The summed E-state index contributed by atoms with van der Waals surface area (Å²) in [6, 6.07) is 24.4. The van der Waals surface area contributed by atoms with Crippen molar-refractivity contribution in [2.24, 2.45) is 0 Å².